The molecular formula is C26H29N9. The van der Waals surface area contributed by atoms with E-state index in [0.717, 1.165) is 59.9 Å². The lowest BCUT2D eigenvalue weighted by Crippen LogP contribution is -2.53. The molecule has 2 aliphatic heterocycles. The number of nitrogens with one attached hydrogen (secondary N) is 2. The average Bonchev–Trinajstić information content (AvgIpc) is 3.60. The van der Waals surface area contributed by atoms with Crippen LogP contribution in [0, 0.1) is 18.3 Å². The molecule has 2 fully saturated rings. The zero-order valence-corrected chi connectivity index (χ0v) is 20.0. The van der Waals surface area contributed by atoms with Crippen LogP contribution in [0.5, 0.6) is 0 Å². The van der Waals surface area contributed by atoms with Gasteiger partial charge in [0.15, 0.2) is 0 Å². The standard InChI is InChI=1S/C26H29N9/c1-17(24-5-3-4-7-29-24)32-25-9-19(14-34-26(25)20(10-27)11-30-34)23-13-31-35(18(23)2)22-15-33(16-22)21-6-8-28-12-21/h3-5,7,9,11,13-14,17,21-22,28,32H,6,8,12,15-16H2,1-2H3/t17-,21-/m1/s1. The molecule has 0 spiro atoms. The molecular weight excluding hydrogens is 438 g/mol. The van der Waals surface area contributed by atoms with Gasteiger partial charge in [0.05, 0.1) is 41.4 Å². The van der Waals surface area contributed by atoms with Crippen LogP contribution in [0.25, 0.3) is 16.6 Å². The maximum Gasteiger partial charge on any atom is 0.107 e. The lowest BCUT2D eigenvalue weighted by Gasteiger charge is -2.43. The van der Waals surface area contributed by atoms with Crippen LogP contribution in [0.3, 0.4) is 0 Å². The first-order chi connectivity index (χ1) is 17.1. The topological polar surface area (TPSA) is 99.1 Å². The summed E-state index contributed by atoms with van der Waals surface area (Å²) in [6.07, 6.45) is 8.58. The quantitative estimate of drug-likeness (QED) is 0.449. The van der Waals surface area contributed by atoms with Crippen molar-refractivity contribution in [3.05, 3.63) is 66.0 Å². The summed E-state index contributed by atoms with van der Waals surface area (Å²) in [6, 6.07) is 11.3. The van der Waals surface area contributed by atoms with Crippen LogP contribution in [0.2, 0.25) is 0 Å². The van der Waals surface area contributed by atoms with Gasteiger partial charge in [0, 0.05) is 54.9 Å². The fourth-order valence-corrected chi connectivity index (χ4v) is 5.37. The van der Waals surface area contributed by atoms with Crippen molar-refractivity contribution in [3.8, 4) is 17.2 Å². The Kier molecular flexibility index (Phi) is 5.47. The lowest BCUT2D eigenvalue weighted by atomic mass is 10.0. The van der Waals surface area contributed by atoms with Gasteiger partial charge in [-0.25, -0.2) is 4.52 Å². The molecule has 4 aromatic heterocycles. The maximum absolute atomic E-state index is 9.66. The zero-order valence-electron chi connectivity index (χ0n) is 20.0. The summed E-state index contributed by atoms with van der Waals surface area (Å²) in [5, 5.41) is 25.9. The van der Waals surface area contributed by atoms with E-state index in [-0.39, 0.29) is 6.04 Å². The normalized spacial score (nSPS) is 19.5. The number of rotatable bonds is 6. The zero-order chi connectivity index (χ0) is 23.9. The minimum absolute atomic E-state index is 0.0356. The molecule has 6 rings (SSSR count). The second-order valence-electron chi connectivity index (χ2n) is 9.57. The van der Waals surface area contributed by atoms with Gasteiger partial charge < -0.3 is 10.6 Å². The Labute approximate surface area is 204 Å². The summed E-state index contributed by atoms with van der Waals surface area (Å²) in [5.41, 5.74) is 6.33. The van der Waals surface area contributed by atoms with Crippen LogP contribution in [-0.4, -0.2) is 61.5 Å². The Balaban J connectivity index is 1.32. The van der Waals surface area contributed by atoms with E-state index in [9.17, 15) is 5.26 Å². The van der Waals surface area contributed by atoms with Crippen LogP contribution in [0.4, 0.5) is 5.69 Å². The second-order valence-corrected chi connectivity index (χ2v) is 9.57. The van der Waals surface area contributed by atoms with Crippen molar-refractivity contribution in [2.24, 2.45) is 0 Å². The van der Waals surface area contributed by atoms with Crippen molar-refractivity contribution in [2.75, 3.05) is 31.5 Å². The van der Waals surface area contributed by atoms with Crippen LogP contribution in [0.1, 0.15) is 42.4 Å². The second kappa shape index (κ2) is 8.80. The van der Waals surface area contributed by atoms with Crippen molar-refractivity contribution in [3.63, 3.8) is 0 Å². The highest BCUT2D eigenvalue weighted by Crippen LogP contribution is 2.34. The largest absolute Gasteiger partial charge is 0.375 e. The fraction of sp³-hybridized carbons (Fsp3) is 0.385. The Hall–Kier alpha value is -3.74. The van der Waals surface area contributed by atoms with E-state index >= 15 is 0 Å². The molecule has 2 N–H and O–H groups in total. The molecule has 2 aliphatic rings. The Morgan fingerprint density at radius 1 is 1.20 bits per heavy atom. The smallest absolute Gasteiger partial charge is 0.107 e. The van der Waals surface area contributed by atoms with Gasteiger partial charge in [-0.15, -0.1) is 0 Å². The van der Waals surface area contributed by atoms with E-state index in [0.29, 0.717) is 17.6 Å². The van der Waals surface area contributed by atoms with Gasteiger partial charge >= 0.3 is 0 Å². The number of hydrogen-bond donors (Lipinski definition) is 2. The van der Waals surface area contributed by atoms with Gasteiger partial charge in [-0.05, 0) is 45.0 Å². The third-order valence-electron chi connectivity index (χ3n) is 7.38. The van der Waals surface area contributed by atoms with Gasteiger partial charge in [0.25, 0.3) is 0 Å². The van der Waals surface area contributed by atoms with Gasteiger partial charge in [-0.1, -0.05) is 6.07 Å². The number of nitrogens with zero attached hydrogens (tertiary/aromatic N) is 7. The lowest BCUT2D eigenvalue weighted by molar-refractivity contribution is 0.0595. The van der Waals surface area contributed by atoms with Gasteiger partial charge in [-0.3, -0.25) is 14.6 Å². The number of aromatic nitrogens is 5. The van der Waals surface area contributed by atoms with Gasteiger partial charge in [0.1, 0.15) is 11.6 Å². The molecule has 0 unspecified atom stereocenters. The molecule has 9 nitrogen and oxygen atoms in total. The molecule has 0 aromatic carbocycles. The molecule has 4 aromatic rings. The third kappa shape index (κ3) is 3.85. The molecule has 2 saturated heterocycles. The third-order valence-corrected chi connectivity index (χ3v) is 7.38. The first-order valence-corrected chi connectivity index (χ1v) is 12.2. The van der Waals surface area contributed by atoms with Crippen LogP contribution < -0.4 is 10.6 Å². The minimum Gasteiger partial charge on any atom is -0.375 e. The Morgan fingerprint density at radius 3 is 2.83 bits per heavy atom. The number of pyridine rings is 2. The van der Waals surface area contributed by atoms with Crippen molar-refractivity contribution < 1.29 is 0 Å². The molecule has 9 heteroatoms. The van der Waals surface area contributed by atoms with Crippen molar-refractivity contribution in [1.29, 1.82) is 5.26 Å². The highest BCUT2D eigenvalue weighted by molar-refractivity contribution is 5.83. The Bertz CT molecular complexity index is 1390. The van der Waals surface area contributed by atoms with Crippen LogP contribution in [-0.2, 0) is 0 Å². The number of nitriles is 1. The fourth-order valence-electron chi connectivity index (χ4n) is 5.37. The molecule has 35 heavy (non-hydrogen) atoms. The number of hydrogen-bond acceptors (Lipinski definition) is 7. The van der Waals surface area contributed by atoms with E-state index in [4.69, 9.17) is 5.10 Å². The average molecular weight is 468 g/mol. The summed E-state index contributed by atoms with van der Waals surface area (Å²) < 4.78 is 3.96. The summed E-state index contributed by atoms with van der Waals surface area (Å²) in [4.78, 5) is 7.04. The van der Waals surface area contributed by atoms with Crippen molar-refractivity contribution >= 4 is 11.2 Å². The summed E-state index contributed by atoms with van der Waals surface area (Å²) in [6.45, 7) is 8.52. The molecule has 0 bridgehead atoms. The monoisotopic (exact) mass is 467 g/mol. The van der Waals surface area contributed by atoms with E-state index in [1.807, 2.05) is 30.6 Å². The number of fused-ring (bicyclic) bond motifs is 1. The summed E-state index contributed by atoms with van der Waals surface area (Å²) >= 11 is 0. The predicted molar refractivity (Wildman–Crippen MR) is 134 cm³/mol. The van der Waals surface area contributed by atoms with E-state index in [2.05, 4.69) is 56.3 Å². The maximum atomic E-state index is 9.66. The predicted octanol–water partition coefficient (Wildman–Crippen LogP) is 3.16. The number of anilines is 1. The molecule has 0 saturated carbocycles. The number of likely N-dealkylation sites (tertiary alicyclic amines) is 1. The van der Waals surface area contributed by atoms with E-state index in [1.54, 1.807) is 16.9 Å². The summed E-state index contributed by atoms with van der Waals surface area (Å²) in [5.74, 6) is 0. The van der Waals surface area contributed by atoms with Gasteiger partial charge in [0.2, 0.25) is 0 Å². The molecule has 6 heterocycles. The first-order valence-electron chi connectivity index (χ1n) is 12.2. The molecule has 178 valence electrons. The van der Waals surface area contributed by atoms with Crippen molar-refractivity contribution in [2.45, 2.75) is 38.4 Å². The first kappa shape index (κ1) is 21.8. The highest BCUT2D eigenvalue weighted by Gasteiger charge is 2.36. The SMILES string of the molecule is Cc1c(-c2cc(N[C@H](C)c3ccccn3)c3c(C#N)cnn3c2)cnn1C1CN([C@@H]2CCNC2)C1. The summed E-state index contributed by atoms with van der Waals surface area (Å²) in [7, 11) is 0. The Morgan fingerprint density at radius 2 is 2.09 bits per heavy atom. The van der Waals surface area contributed by atoms with Gasteiger partial charge in [-0.2, -0.15) is 15.5 Å². The van der Waals surface area contributed by atoms with E-state index in [1.165, 1.54) is 6.42 Å². The van der Waals surface area contributed by atoms with E-state index < -0.39 is 0 Å². The molecule has 0 amide bonds. The van der Waals surface area contributed by atoms with Crippen LogP contribution in [0.15, 0.2) is 49.1 Å². The minimum atomic E-state index is -0.0356. The molecule has 0 aliphatic carbocycles. The molecule has 0 radical (unpaired) electrons. The molecule has 2 atom stereocenters. The van der Waals surface area contributed by atoms with Crippen LogP contribution >= 0.6 is 0 Å². The highest BCUT2D eigenvalue weighted by atomic mass is 15.4. The van der Waals surface area contributed by atoms with Crippen molar-refractivity contribution in [1.82, 2.24) is 34.6 Å².